The Morgan fingerprint density at radius 1 is 1.32 bits per heavy atom. The Hall–Kier alpha value is -1.95. The molecule has 0 unspecified atom stereocenters. The predicted octanol–water partition coefficient (Wildman–Crippen LogP) is 1.36. The van der Waals surface area contributed by atoms with Gasteiger partial charge < -0.3 is 25.1 Å². The van der Waals surface area contributed by atoms with Gasteiger partial charge in [0.05, 0.1) is 27.2 Å². The molecule has 0 heterocycles. The van der Waals surface area contributed by atoms with Crippen molar-refractivity contribution in [2.24, 2.45) is 5.73 Å². The van der Waals surface area contributed by atoms with Crippen LogP contribution in [-0.4, -0.2) is 31.9 Å². The monoisotopic (exact) mass is 269 g/mol. The molecule has 19 heavy (non-hydrogen) atoms. The minimum absolute atomic E-state index is 0.0466. The summed E-state index contributed by atoms with van der Waals surface area (Å²) in [5.41, 5.74) is 6.55. The number of carbonyl (C=O) groups is 1. The van der Waals surface area contributed by atoms with E-state index in [1.807, 2.05) is 0 Å². The number of ether oxygens (including phenoxy) is 3. The van der Waals surface area contributed by atoms with E-state index in [0.717, 1.165) is 0 Å². The lowest BCUT2D eigenvalue weighted by molar-refractivity contribution is -0.143. The maximum absolute atomic E-state index is 11.4. The van der Waals surface area contributed by atoms with Crippen molar-refractivity contribution in [3.8, 4) is 17.2 Å². The summed E-state index contributed by atoms with van der Waals surface area (Å²) >= 11 is 0. The molecule has 0 aromatic heterocycles. The van der Waals surface area contributed by atoms with Gasteiger partial charge in [0.25, 0.3) is 0 Å². The minimum atomic E-state index is -0.553. The van der Waals surface area contributed by atoms with Crippen LogP contribution in [-0.2, 0) is 9.53 Å². The number of benzene rings is 1. The molecular formula is C13H19NO5. The fourth-order valence-electron chi connectivity index (χ4n) is 1.65. The van der Waals surface area contributed by atoms with E-state index < -0.39 is 6.04 Å². The number of hydrogen-bond donors (Lipinski definition) is 2. The molecule has 1 atom stereocenters. The van der Waals surface area contributed by atoms with Crippen LogP contribution in [0, 0.1) is 0 Å². The van der Waals surface area contributed by atoms with E-state index >= 15 is 0 Å². The topological polar surface area (TPSA) is 91.0 Å². The molecule has 0 aliphatic rings. The number of esters is 1. The van der Waals surface area contributed by atoms with Crippen molar-refractivity contribution in [3.05, 3.63) is 17.7 Å². The van der Waals surface area contributed by atoms with Gasteiger partial charge in [-0.2, -0.15) is 0 Å². The largest absolute Gasteiger partial charge is 0.502 e. The van der Waals surface area contributed by atoms with Gasteiger partial charge in [-0.3, -0.25) is 4.79 Å². The van der Waals surface area contributed by atoms with Gasteiger partial charge in [0.15, 0.2) is 11.5 Å². The number of phenols is 1. The van der Waals surface area contributed by atoms with Crippen LogP contribution in [0.15, 0.2) is 12.1 Å². The summed E-state index contributed by atoms with van der Waals surface area (Å²) in [6, 6.07) is 2.59. The smallest absolute Gasteiger partial charge is 0.307 e. The maximum atomic E-state index is 11.4. The molecule has 0 bridgehead atoms. The second-order valence-electron chi connectivity index (χ2n) is 3.89. The van der Waals surface area contributed by atoms with Crippen molar-refractivity contribution in [1.29, 1.82) is 0 Å². The molecule has 3 N–H and O–H groups in total. The van der Waals surface area contributed by atoms with Crippen molar-refractivity contribution in [2.75, 3.05) is 20.8 Å². The third-order valence-corrected chi connectivity index (χ3v) is 2.62. The molecule has 0 fully saturated rings. The number of phenolic OH excluding ortho intramolecular Hbond substituents is 1. The second-order valence-corrected chi connectivity index (χ2v) is 3.89. The van der Waals surface area contributed by atoms with E-state index in [1.165, 1.54) is 14.2 Å². The van der Waals surface area contributed by atoms with Crippen molar-refractivity contribution in [2.45, 2.75) is 19.4 Å². The molecular weight excluding hydrogens is 250 g/mol. The van der Waals surface area contributed by atoms with Crippen molar-refractivity contribution in [1.82, 2.24) is 0 Å². The van der Waals surface area contributed by atoms with Crippen LogP contribution in [0.1, 0.15) is 24.9 Å². The SMILES string of the molecule is CCOC(=O)C[C@H](N)c1cc(OC)c(O)c(OC)c1. The average Bonchev–Trinajstić information content (AvgIpc) is 2.39. The highest BCUT2D eigenvalue weighted by atomic mass is 16.5. The predicted molar refractivity (Wildman–Crippen MR) is 69.4 cm³/mol. The van der Waals surface area contributed by atoms with Crippen LogP contribution in [0.4, 0.5) is 0 Å². The molecule has 1 rings (SSSR count). The molecule has 0 spiro atoms. The highest BCUT2D eigenvalue weighted by Gasteiger charge is 2.18. The number of carbonyl (C=O) groups excluding carboxylic acids is 1. The first-order valence-corrected chi connectivity index (χ1v) is 5.89. The molecule has 1 aromatic carbocycles. The highest BCUT2D eigenvalue weighted by Crippen LogP contribution is 2.38. The summed E-state index contributed by atoms with van der Waals surface area (Å²) in [6.07, 6.45) is 0.0466. The van der Waals surface area contributed by atoms with Crippen LogP contribution in [0.3, 0.4) is 0 Å². The molecule has 0 saturated heterocycles. The summed E-state index contributed by atoms with van der Waals surface area (Å²) in [6.45, 7) is 2.05. The average molecular weight is 269 g/mol. The Morgan fingerprint density at radius 2 is 1.84 bits per heavy atom. The number of rotatable bonds is 6. The van der Waals surface area contributed by atoms with Crippen molar-refractivity contribution < 1.29 is 24.1 Å². The molecule has 106 valence electrons. The first kappa shape index (κ1) is 15.1. The first-order chi connectivity index (χ1) is 9.03. The summed E-state index contributed by atoms with van der Waals surface area (Å²) in [5.74, 6) is 0.0143. The molecule has 0 aliphatic carbocycles. The Bertz CT molecular complexity index is 422. The zero-order valence-electron chi connectivity index (χ0n) is 11.3. The molecule has 6 nitrogen and oxygen atoms in total. The van der Waals surface area contributed by atoms with Crippen LogP contribution in [0.25, 0.3) is 0 Å². The fourth-order valence-corrected chi connectivity index (χ4v) is 1.65. The van der Waals surface area contributed by atoms with Crippen LogP contribution in [0.5, 0.6) is 17.2 Å². The van der Waals surface area contributed by atoms with Crippen LogP contribution in [0.2, 0.25) is 0 Å². The Labute approximate surface area is 112 Å². The summed E-state index contributed by atoms with van der Waals surface area (Å²) < 4.78 is 14.9. The summed E-state index contributed by atoms with van der Waals surface area (Å²) in [7, 11) is 2.85. The second kappa shape index (κ2) is 6.84. The summed E-state index contributed by atoms with van der Waals surface area (Å²) in [4.78, 5) is 11.4. The van der Waals surface area contributed by atoms with Gasteiger partial charge in [0.1, 0.15) is 0 Å². The van der Waals surface area contributed by atoms with Crippen molar-refractivity contribution in [3.63, 3.8) is 0 Å². The fraction of sp³-hybridized carbons (Fsp3) is 0.462. The molecule has 6 heteroatoms. The van der Waals surface area contributed by atoms with E-state index in [0.29, 0.717) is 12.2 Å². The molecule has 0 amide bonds. The van der Waals surface area contributed by atoms with Gasteiger partial charge in [0, 0.05) is 6.04 Å². The van der Waals surface area contributed by atoms with Crippen LogP contribution >= 0.6 is 0 Å². The van der Waals surface area contributed by atoms with Gasteiger partial charge in [-0.05, 0) is 24.6 Å². The highest BCUT2D eigenvalue weighted by molar-refractivity contribution is 5.70. The van der Waals surface area contributed by atoms with E-state index in [4.69, 9.17) is 19.9 Å². The first-order valence-electron chi connectivity index (χ1n) is 5.89. The number of methoxy groups -OCH3 is 2. The lowest BCUT2D eigenvalue weighted by Gasteiger charge is -2.15. The number of nitrogens with two attached hydrogens (primary N) is 1. The van der Waals surface area contributed by atoms with Gasteiger partial charge in [0.2, 0.25) is 5.75 Å². The van der Waals surface area contributed by atoms with Gasteiger partial charge >= 0.3 is 5.97 Å². The lowest BCUT2D eigenvalue weighted by Crippen LogP contribution is -2.17. The number of aromatic hydroxyl groups is 1. The normalized spacial score (nSPS) is 11.8. The zero-order valence-corrected chi connectivity index (χ0v) is 11.3. The lowest BCUT2D eigenvalue weighted by atomic mass is 10.0. The van der Waals surface area contributed by atoms with Gasteiger partial charge in [-0.25, -0.2) is 0 Å². The molecule has 0 saturated carbocycles. The van der Waals surface area contributed by atoms with Crippen LogP contribution < -0.4 is 15.2 Å². The van der Waals surface area contributed by atoms with E-state index in [1.54, 1.807) is 19.1 Å². The quantitative estimate of drug-likeness (QED) is 0.758. The molecule has 0 aliphatic heterocycles. The van der Waals surface area contributed by atoms with Gasteiger partial charge in [-0.1, -0.05) is 0 Å². The van der Waals surface area contributed by atoms with E-state index in [2.05, 4.69) is 0 Å². The number of hydrogen-bond acceptors (Lipinski definition) is 6. The third kappa shape index (κ3) is 3.75. The molecule has 0 radical (unpaired) electrons. The van der Waals surface area contributed by atoms with Gasteiger partial charge in [-0.15, -0.1) is 0 Å². The minimum Gasteiger partial charge on any atom is -0.502 e. The Balaban J connectivity index is 2.96. The van der Waals surface area contributed by atoms with E-state index in [9.17, 15) is 9.90 Å². The Morgan fingerprint density at radius 3 is 2.26 bits per heavy atom. The van der Waals surface area contributed by atoms with Crippen molar-refractivity contribution >= 4 is 5.97 Å². The standard InChI is InChI=1S/C13H19NO5/c1-4-19-12(15)7-9(14)8-5-10(17-2)13(16)11(6-8)18-3/h5-6,9,16H,4,7,14H2,1-3H3/t9-/m0/s1. The third-order valence-electron chi connectivity index (χ3n) is 2.62. The summed E-state index contributed by atoms with van der Waals surface area (Å²) in [5, 5.41) is 9.78. The molecule has 1 aromatic rings. The Kier molecular flexibility index (Phi) is 5.44. The zero-order chi connectivity index (χ0) is 14.4. The maximum Gasteiger partial charge on any atom is 0.307 e. The van der Waals surface area contributed by atoms with E-state index in [-0.39, 0.29) is 29.6 Å².